The van der Waals surface area contributed by atoms with Gasteiger partial charge in [-0.25, -0.2) is 4.98 Å². The van der Waals surface area contributed by atoms with Gasteiger partial charge in [0, 0.05) is 54.6 Å². The molecule has 1 aliphatic rings. The third-order valence-electron chi connectivity index (χ3n) is 5.10. The summed E-state index contributed by atoms with van der Waals surface area (Å²) in [4.78, 5) is 22.3. The number of carbonyl (C=O) groups excluding carboxylic acids is 1. The maximum atomic E-state index is 13.0. The second kappa shape index (κ2) is 7.98. The summed E-state index contributed by atoms with van der Waals surface area (Å²) in [5.41, 5.74) is 3.44. The van der Waals surface area contributed by atoms with Crippen LogP contribution in [0.15, 0.2) is 16.7 Å². The maximum absolute atomic E-state index is 13.0. The first-order valence-corrected chi connectivity index (χ1v) is 10.4. The van der Waals surface area contributed by atoms with Crippen molar-refractivity contribution in [2.75, 3.05) is 39.3 Å². The van der Waals surface area contributed by atoms with Crippen LogP contribution in [0.2, 0.25) is 0 Å². The van der Waals surface area contributed by atoms with Gasteiger partial charge in [0.1, 0.15) is 0 Å². The van der Waals surface area contributed by atoms with E-state index < -0.39 is 0 Å². The standard InChI is InChI=1S/C20H25N5O2S/c1-12-10-15(14(3)28-12)17-11-16(18-13(2)24-27-20(18)23-17)19(26)22-6-9-25-7-4-21-5-8-25/h10-11,21H,4-9H2,1-3H3,(H,22,26). The average molecular weight is 400 g/mol. The summed E-state index contributed by atoms with van der Waals surface area (Å²) in [7, 11) is 0. The molecule has 148 valence electrons. The molecule has 0 aromatic carbocycles. The van der Waals surface area contributed by atoms with Gasteiger partial charge in [0.15, 0.2) is 0 Å². The van der Waals surface area contributed by atoms with Gasteiger partial charge in [-0.3, -0.25) is 9.69 Å². The summed E-state index contributed by atoms with van der Waals surface area (Å²) < 4.78 is 5.40. The molecular formula is C20H25N5O2S. The molecule has 0 spiro atoms. The van der Waals surface area contributed by atoms with E-state index in [-0.39, 0.29) is 5.91 Å². The minimum absolute atomic E-state index is 0.111. The third-order valence-corrected chi connectivity index (χ3v) is 6.07. The molecule has 1 amide bonds. The molecule has 0 bridgehead atoms. The summed E-state index contributed by atoms with van der Waals surface area (Å²) >= 11 is 1.72. The van der Waals surface area contributed by atoms with Crippen molar-refractivity contribution in [3.8, 4) is 11.3 Å². The second-order valence-electron chi connectivity index (χ2n) is 7.18. The number of nitrogens with zero attached hydrogens (tertiary/aromatic N) is 3. The zero-order chi connectivity index (χ0) is 19.7. The number of fused-ring (bicyclic) bond motifs is 1. The topological polar surface area (TPSA) is 83.3 Å². The number of amides is 1. The van der Waals surface area contributed by atoms with Gasteiger partial charge in [-0.2, -0.15) is 0 Å². The summed E-state index contributed by atoms with van der Waals surface area (Å²) in [6.45, 7) is 11.5. The van der Waals surface area contributed by atoms with Gasteiger partial charge in [-0.15, -0.1) is 11.3 Å². The van der Waals surface area contributed by atoms with E-state index in [0.717, 1.165) is 44.0 Å². The Hall–Kier alpha value is -2.29. The highest BCUT2D eigenvalue weighted by Crippen LogP contribution is 2.32. The Morgan fingerprint density at radius 3 is 2.79 bits per heavy atom. The van der Waals surface area contributed by atoms with Gasteiger partial charge in [-0.05, 0) is 32.9 Å². The van der Waals surface area contributed by atoms with E-state index in [1.807, 2.05) is 13.0 Å². The zero-order valence-corrected chi connectivity index (χ0v) is 17.3. The van der Waals surface area contributed by atoms with Crippen LogP contribution in [0.25, 0.3) is 22.4 Å². The second-order valence-corrected chi connectivity index (χ2v) is 8.64. The van der Waals surface area contributed by atoms with Crippen LogP contribution in [-0.2, 0) is 0 Å². The van der Waals surface area contributed by atoms with Gasteiger partial charge in [0.25, 0.3) is 11.6 Å². The Bertz CT molecular complexity index is 1000. The van der Waals surface area contributed by atoms with Crippen molar-refractivity contribution in [1.29, 1.82) is 0 Å². The molecule has 0 atom stereocenters. The smallest absolute Gasteiger partial charge is 0.259 e. The predicted molar refractivity (Wildman–Crippen MR) is 111 cm³/mol. The molecule has 8 heteroatoms. The Labute approximate surface area is 168 Å². The van der Waals surface area contributed by atoms with Crippen molar-refractivity contribution in [3.63, 3.8) is 0 Å². The number of aryl methyl sites for hydroxylation is 3. The first-order chi connectivity index (χ1) is 13.5. The largest absolute Gasteiger partial charge is 0.351 e. The van der Waals surface area contributed by atoms with Gasteiger partial charge in [0.05, 0.1) is 22.3 Å². The molecule has 0 radical (unpaired) electrons. The minimum Gasteiger partial charge on any atom is -0.351 e. The monoisotopic (exact) mass is 399 g/mol. The molecule has 28 heavy (non-hydrogen) atoms. The van der Waals surface area contributed by atoms with Crippen LogP contribution in [-0.4, -0.2) is 60.2 Å². The number of carbonyl (C=O) groups is 1. The van der Waals surface area contributed by atoms with Gasteiger partial charge >= 0.3 is 0 Å². The van der Waals surface area contributed by atoms with Crippen LogP contribution < -0.4 is 10.6 Å². The minimum atomic E-state index is -0.111. The zero-order valence-electron chi connectivity index (χ0n) is 16.5. The maximum Gasteiger partial charge on any atom is 0.259 e. The normalized spacial score (nSPS) is 15.2. The highest BCUT2D eigenvalue weighted by atomic mass is 32.1. The van der Waals surface area contributed by atoms with E-state index in [0.29, 0.717) is 28.9 Å². The van der Waals surface area contributed by atoms with E-state index in [2.05, 4.69) is 45.6 Å². The fourth-order valence-corrected chi connectivity index (χ4v) is 4.59. The number of piperazine rings is 1. The lowest BCUT2D eigenvalue weighted by molar-refractivity contribution is 0.0949. The first-order valence-electron chi connectivity index (χ1n) is 9.58. The van der Waals surface area contributed by atoms with E-state index in [1.54, 1.807) is 11.3 Å². The summed E-state index contributed by atoms with van der Waals surface area (Å²) in [6, 6.07) is 3.96. The molecule has 2 N–H and O–H groups in total. The number of rotatable bonds is 5. The Morgan fingerprint density at radius 2 is 2.07 bits per heavy atom. The lowest BCUT2D eigenvalue weighted by atomic mass is 10.1. The SMILES string of the molecule is Cc1cc(-c2cc(C(=O)NCCN3CCNCC3)c3c(C)noc3n2)c(C)s1. The molecule has 0 aliphatic carbocycles. The summed E-state index contributed by atoms with van der Waals surface area (Å²) in [5.74, 6) is -0.111. The van der Waals surface area contributed by atoms with E-state index in [1.165, 1.54) is 9.75 Å². The van der Waals surface area contributed by atoms with E-state index in [4.69, 9.17) is 4.52 Å². The lowest BCUT2D eigenvalue weighted by Crippen LogP contribution is -2.46. The molecular weight excluding hydrogens is 374 g/mol. The highest BCUT2D eigenvalue weighted by Gasteiger charge is 2.20. The van der Waals surface area contributed by atoms with Crippen LogP contribution in [0.4, 0.5) is 0 Å². The van der Waals surface area contributed by atoms with Crippen molar-refractivity contribution in [3.05, 3.63) is 33.1 Å². The molecule has 7 nitrogen and oxygen atoms in total. The van der Waals surface area contributed by atoms with Crippen LogP contribution in [0.5, 0.6) is 0 Å². The van der Waals surface area contributed by atoms with Crippen molar-refractivity contribution in [1.82, 2.24) is 25.7 Å². The molecule has 3 aromatic heterocycles. The number of nitrogens with one attached hydrogen (secondary N) is 2. The van der Waals surface area contributed by atoms with Gasteiger partial charge < -0.3 is 15.2 Å². The van der Waals surface area contributed by atoms with Crippen molar-refractivity contribution >= 4 is 28.3 Å². The molecule has 3 aromatic rings. The number of hydrogen-bond donors (Lipinski definition) is 2. The van der Waals surface area contributed by atoms with Crippen LogP contribution >= 0.6 is 11.3 Å². The number of aromatic nitrogens is 2. The highest BCUT2D eigenvalue weighted by molar-refractivity contribution is 7.12. The van der Waals surface area contributed by atoms with E-state index in [9.17, 15) is 4.79 Å². The van der Waals surface area contributed by atoms with Crippen LogP contribution in [0.1, 0.15) is 25.8 Å². The average Bonchev–Trinajstić information content (AvgIpc) is 3.23. The van der Waals surface area contributed by atoms with E-state index >= 15 is 0 Å². The van der Waals surface area contributed by atoms with Gasteiger partial charge in [-0.1, -0.05) is 5.16 Å². The van der Waals surface area contributed by atoms with Crippen molar-refractivity contribution in [2.45, 2.75) is 20.8 Å². The van der Waals surface area contributed by atoms with Crippen molar-refractivity contribution < 1.29 is 9.32 Å². The lowest BCUT2D eigenvalue weighted by Gasteiger charge is -2.27. The molecule has 4 rings (SSSR count). The Morgan fingerprint density at radius 1 is 1.29 bits per heavy atom. The molecule has 4 heterocycles. The summed E-state index contributed by atoms with van der Waals surface area (Å²) in [6.07, 6.45) is 0. The predicted octanol–water partition coefficient (Wildman–Crippen LogP) is 2.51. The van der Waals surface area contributed by atoms with Crippen LogP contribution in [0, 0.1) is 20.8 Å². The molecule has 1 aliphatic heterocycles. The van der Waals surface area contributed by atoms with Crippen LogP contribution in [0.3, 0.4) is 0 Å². The number of pyridine rings is 1. The van der Waals surface area contributed by atoms with Gasteiger partial charge in [0.2, 0.25) is 0 Å². The van der Waals surface area contributed by atoms with Crippen molar-refractivity contribution in [2.24, 2.45) is 0 Å². The number of hydrogen-bond acceptors (Lipinski definition) is 7. The molecule has 0 unspecified atom stereocenters. The third kappa shape index (κ3) is 3.80. The fourth-order valence-electron chi connectivity index (χ4n) is 3.65. The molecule has 1 fully saturated rings. The Balaban J connectivity index is 1.60. The molecule has 0 saturated carbocycles. The first kappa shape index (κ1) is 19.0. The fraction of sp³-hybridized carbons (Fsp3) is 0.450. The number of thiophene rings is 1. The Kier molecular flexibility index (Phi) is 5.43. The molecule has 1 saturated heterocycles. The summed E-state index contributed by atoms with van der Waals surface area (Å²) in [5, 5.41) is 11.1. The quantitative estimate of drug-likeness (QED) is 0.686.